The number of hydrogen-bond acceptors (Lipinski definition) is 3. The van der Waals surface area contributed by atoms with Gasteiger partial charge in [-0.1, -0.05) is 11.6 Å². The fraction of sp³-hybridized carbons (Fsp3) is 0.455. The van der Waals surface area contributed by atoms with Crippen molar-refractivity contribution in [3.63, 3.8) is 0 Å². The molecule has 3 nitrogen and oxygen atoms in total. The third-order valence-electron chi connectivity index (χ3n) is 2.05. The van der Waals surface area contributed by atoms with Gasteiger partial charge in [0.1, 0.15) is 11.9 Å². The van der Waals surface area contributed by atoms with Crippen molar-refractivity contribution < 1.29 is 9.47 Å². The molecule has 0 saturated carbocycles. The molecule has 1 rings (SSSR count). The smallest absolute Gasteiger partial charge is 0.134 e. The molecule has 1 aromatic rings. The van der Waals surface area contributed by atoms with Crippen LogP contribution in [-0.4, -0.2) is 26.4 Å². The molecule has 0 fully saturated rings. The molecule has 0 aliphatic heterocycles. The van der Waals surface area contributed by atoms with Crippen LogP contribution in [0.25, 0.3) is 0 Å². The summed E-state index contributed by atoms with van der Waals surface area (Å²) in [6.45, 7) is 2.86. The molecule has 0 radical (unpaired) electrons. The van der Waals surface area contributed by atoms with E-state index in [0.29, 0.717) is 18.2 Å². The molecule has 0 aliphatic carbocycles. The van der Waals surface area contributed by atoms with Crippen LogP contribution >= 0.6 is 11.6 Å². The third-order valence-corrected chi connectivity index (χ3v) is 2.28. The summed E-state index contributed by atoms with van der Waals surface area (Å²) < 4.78 is 10.7. The summed E-state index contributed by atoms with van der Waals surface area (Å²) in [6, 6.07) is 5.50. The predicted octanol–water partition coefficient (Wildman–Crippen LogP) is 2.00. The quantitative estimate of drug-likeness (QED) is 0.840. The van der Waals surface area contributed by atoms with Crippen LogP contribution in [-0.2, 0) is 4.74 Å². The second kappa shape index (κ2) is 5.95. The van der Waals surface area contributed by atoms with Gasteiger partial charge in [-0.25, -0.2) is 0 Å². The van der Waals surface area contributed by atoms with Gasteiger partial charge < -0.3 is 15.2 Å². The Bertz CT molecular complexity index is 317. The zero-order valence-electron chi connectivity index (χ0n) is 9.00. The molecule has 0 aromatic heterocycles. The molecule has 84 valence electrons. The SMILES string of the molecule is COCC(CN)Oc1ccc(Cl)cc1C. The van der Waals surface area contributed by atoms with E-state index < -0.39 is 0 Å². The van der Waals surface area contributed by atoms with Gasteiger partial charge in [-0.05, 0) is 30.7 Å². The van der Waals surface area contributed by atoms with Gasteiger partial charge in [0.25, 0.3) is 0 Å². The maximum atomic E-state index is 5.84. The fourth-order valence-corrected chi connectivity index (χ4v) is 1.49. The molecule has 2 N–H and O–H groups in total. The number of aryl methyl sites for hydroxylation is 1. The van der Waals surface area contributed by atoms with Gasteiger partial charge in [0.15, 0.2) is 0 Å². The van der Waals surface area contributed by atoms with Gasteiger partial charge in [-0.15, -0.1) is 0 Å². The highest BCUT2D eigenvalue weighted by atomic mass is 35.5. The Labute approximate surface area is 95.1 Å². The van der Waals surface area contributed by atoms with E-state index in [1.807, 2.05) is 19.1 Å². The lowest BCUT2D eigenvalue weighted by atomic mass is 10.2. The Kier molecular flexibility index (Phi) is 4.88. The van der Waals surface area contributed by atoms with E-state index in [1.54, 1.807) is 13.2 Å². The van der Waals surface area contributed by atoms with Crippen LogP contribution in [0, 0.1) is 6.92 Å². The maximum absolute atomic E-state index is 5.84. The van der Waals surface area contributed by atoms with Crippen LogP contribution in [0.3, 0.4) is 0 Å². The lowest BCUT2D eigenvalue weighted by Gasteiger charge is -2.18. The van der Waals surface area contributed by atoms with Crippen LogP contribution in [0.4, 0.5) is 0 Å². The number of ether oxygens (including phenoxy) is 2. The number of halogens is 1. The maximum Gasteiger partial charge on any atom is 0.134 e. The first kappa shape index (κ1) is 12.3. The standard InChI is InChI=1S/C11H16ClNO2/c1-8-5-9(12)3-4-11(8)15-10(6-13)7-14-2/h3-5,10H,6-7,13H2,1-2H3. The highest BCUT2D eigenvalue weighted by Gasteiger charge is 2.09. The fourth-order valence-electron chi connectivity index (χ4n) is 1.26. The highest BCUT2D eigenvalue weighted by Crippen LogP contribution is 2.22. The summed E-state index contributed by atoms with van der Waals surface area (Å²) in [6.07, 6.45) is -0.116. The number of methoxy groups -OCH3 is 1. The summed E-state index contributed by atoms with van der Waals surface area (Å²) in [5.74, 6) is 0.798. The molecular weight excluding hydrogens is 214 g/mol. The summed E-state index contributed by atoms with van der Waals surface area (Å²) >= 11 is 5.84. The second-order valence-corrected chi connectivity index (χ2v) is 3.78. The zero-order chi connectivity index (χ0) is 11.3. The summed E-state index contributed by atoms with van der Waals surface area (Å²) in [5, 5.41) is 0.705. The van der Waals surface area contributed by atoms with E-state index in [1.165, 1.54) is 0 Å². The minimum absolute atomic E-state index is 0.116. The average Bonchev–Trinajstić information content (AvgIpc) is 2.21. The number of hydrogen-bond donors (Lipinski definition) is 1. The van der Waals surface area contributed by atoms with Crippen LogP contribution in [0.1, 0.15) is 5.56 Å². The van der Waals surface area contributed by atoms with E-state index in [-0.39, 0.29) is 6.10 Å². The molecule has 4 heteroatoms. The summed E-state index contributed by atoms with van der Waals surface area (Å²) in [4.78, 5) is 0. The summed E-state index contributed by atoms with van der Waals surface area (Å²) in [7, 11) is 1.63. The Balaban J connectivity index is 2.70. The van der Waals surface area contributed by atoms with Gasteiger partial charge >= 0.3 is 0 Å². The molecule has 1 aromatic carbocycles. The molecular formula is C11H16ClNO2. The van der Waals surface area contributed by atoms with Gasteiger partial charge in [-0.2, -0.15) is 0 Å². The Hall–Kier alpha value is -0.770. The van der Waals surface area contributed by atoms with Crippen LogP contribution in [0.5, 0.6) is 5.75 Å². The first-order chi connectivity index (χ1) is 7.17. The lowest BCUT2D eigenvalue weighted by molar-refractivity contribution is 0.0856. The minimum atomic E-state index is -0.116. The predicted molar refractivity (Wildman–Crippen MR) is 61.5 cm³/mol. The number of benzene rings is 1. The molecule has 0 bridgehead atoms. The van der Waals surface area contributed by atoms with E-state index >= 15 is 0 Å². The van der Waals surface area contributed by atoms with Crippen molar-refractivity contribution in [3.8, 4) is 5.75 Å². The van der Waals surface area contributed by atoms with Crippen molar-refractivity contribution >= 4 is 11.6 Å². The Morgan fingerprint density at radius 2 is 2.20 bits per heavy atom. The van der Waals surface area contributed by atoms with Crippen molar-refractivity contribution in [1.82, 2.24) is 0 Å². The van der Waals surface area contributed by atoms with Crippen LogP contribution in [0.15, 0.2) is 18.2 Å². The van der Waals surface area contributed by atoms with Crippen LogP contribution < -0.4 is 10.5 Å². The average molecular weight is 230 g/mol. The normalized spacial score (nSPS) is 12.5. The van der Waals surface area contributed by atoms with Crippen molar-refractivity contribution in [2.45, 2.75) is 13.0 Å². The van der Waals surface area contributed by atoms with Gasteiger partial charge in [0.05, 0.1) is 6.61 Å². The molecule has 1 atom stereocenters. The monoisotopic (exact) mass is 229 g/mol. The molecule has 0 spiro atoms. The van der Waals surface area contributed by atoms with E-state index in [4.69, 9.17) is 26.8 Å². The van der Waals surface area contributed by atoms with Crippen molar-refractivity contribution in [2.24, 2.45) is 5.73 Å². The largest absolute Gasteiger partial charge is 0.486 e. The minimum Gasteiger partial charge on any atom is -0.486 e. The van der Waals surface area contributed by atoms with E-state index in [0.717, 1.165) is 11.3 Å². The molecule has 0 heterocycles. The van der Waals surface area contributed by atoms with Gasteiger partial charge in [0, 0.05) is 18.7 Å². The van der Waals surface area contributed by atoms with Crippen molar-refractivity contribution in [2.75, 3.05) is 20.3 Å². The van der Waals surface area contributed by atoms with Crippen molar-refractivity contribution in [3.05, 3.63) is 28.8 Å². The molecule has 0 saturated heterocycles. The third kappa shape index (κ3) is 3.70. The zero-order valence-corrected chi connectivity index (χ0v) is 9.75. The topological polar surface area (TPSA) is 44.5 Å². The molecule has 15 heavy (non-hydrogen) atoms. The molecule has 0 amide bonds. The van der Waals surface area contributed by atoms with Gasteiger partial charge in [0.2, 0.25) is 0 Å². The highest BCUT2D eigenvalue weighted by molar-refractivity contribution is 6.30. The van der Waals surface area contributed by atoms with Gasteiger partial charge in [-0.3, -0.25) is 0 Å². The molecule has 1 unspecified atom stereocenters. The van der Waals surface area contributed by atoms with Crippen LogP contribution in [0.2, 0.25) is 5.02 Å². The number of nitrogens with two attached hydrogens (primary N) is 1. The lowest BCUT2D eigenvalue weighted by Crippen LogP contribution is -2.31. The second-order valence-electron chi connectivity index (χ2n) is 3.34. The van der Waals surface area contributed by atoms with E-state index in [2.05, 4.69) is 0 Å². The Morgan fingerprint density at radius 3 is 2.73 bits per heavy atom. The summed E-state index contributed by atoms with van der Waals surface area (Å²) in [5.41, 5.74) is 6.55. The first-order valence-corrected chi connectivity index (χ1v) is 5.17. The first-order valence-electron chi connectivity index (χ1n) is 4.79. The van der Waals surface area contributed by atoms with Crippen molar-refractivity contribution in [1.29, 1.82) is 0 Å². The molecule has 0 aliphatic rings. The van der Waals surface area contributed by atoms with E-state index in [9.17, 15) is 0 Å². The number of rotatable bonds is 5. The Morgan fingerprint density at radius 1 is 1.47 bits per heavy atom.